The monoisotopic (exact) mass is 609 g/mol. The highest BCUT2D eigenvalue weighted by Crippen LogP contribution is 2.51. The molecule has 0 spiro atoms. The van der Waals surface area contributed by atoms with Gasteiger partial charge in [-0.15, -0.1) is 11.3 Å². The van der Waals surface area contributed by atoms with Gasteiger partial charge in [0.25, 0.3) is 5.91 Å². The third-order valence-corrected chi connectivity index (χ3v) is 9.45. The van der Waals surface area contributed by atoms with Gasteiger partial charge in [-0.1, -0.05) is 60.7 Å². The maximum Gasteiger partial charge on any atom is 0.278 e. The van der Waals surface area contributed by atoms with Crippen LogP contribution in [-0.2, 0) is 11.3 Å². The number of hydrogen-bond donors (Lipinski definition) is 0. The normalized spacial score (nSPS) is 18.5. The number of carbonyl (C=O) groups excluding carboxylic acids is 1. The van der Waals surface area contributed by atoms with E-state index in [1.54, 1.807) is 21.8 Å². The van der Waals surface area contributed by atoms with Crippen LogP contribution in [0.3, 0.4) is 0 Å². The van der Waals surface area contributed by atoms with Crippen molar-refractivity contribution in [3.63, 3.8) is 0 Å². The molecular weight excluding hydrogens is 584 g/mol. The number of pyridine rings is 1. The van der Waals surface area contributed by atoms with E-state index in [9.17, 15) is 14.0 Å². The average Bonchev–Trinajstić information content (AvgIpc) is 3.50. The molecule has 4 heterocycles. The van der Waals surface area contributed by atoms with Gasteiger partial charge >= 0.3 is 0 Å². The summed E-state index contributed by atoms with van der Waals surface area (Å²) in [6.07, 6.45) is 0.947. The molecule has 1 aliphatic carbocycles. The van der Waals surface area contributed by atoms with E-state index >= 15 is 4.39 Å². The van der Waals surface area contributed by atoms with Crippen molar-refractivity contribution in [2.24, 2.45) is 0 Å². The highest BCUT2D eigenvalue weighted by Gasteiger charge is 2.47. The number of morpholine rings is 1. The Morgan fingerprint density at radius 2 is 1.73 bits per heavy atom. The summed E-state index contributed by atoms with van der Waals surface area (Å²) in [6.45, 7) is 0.875. The molecule has 10 heteroatoms. The van der Waals surface area contributed by atoms with Crippen LogP contribution in [0.5, 0.6) is 5.75 Å². The smallest absolute Gasteiger partial charge is 0.278 e. The second-order valence-electron chi connectivity index (χ2n) is 10.9. The number of fused-ring (bicyclic) bond motifs is 7. The molecule has 2 aliphatic heterocycles. The number of aromatic nitrogens is 1. The fraction of sp³-hybridized carbons (Fsp3) is 0.176. The summed E-state index contributed by atoms with van der Waals surface area (Å²) < 4.78 is 44.5. The number of carbonyl (C=O) groups is 1. The Morgan fingerprint density at radius 3 is 2.59 bits per heavy atom. The van der Waals surface area contributed by atoms with Gasteiger partial charge in [0.15, 0.2) is 23.1 Å². The first kappa shape index (κ1) is 26.8. The van der Waals surface area contributed by atoms with Gasteiger partial charge in [0, 0.05) is 34.8 Å². The minimum atomic E-state index is -0.942. The van der Waals surface area contributed by atoms with E-state index in [1.807, 2.05) is 71.1 Å². The molecule has 2 aromatic heterocycles. The lowest BCUT2D eigenvalue weighted by Crippen LogP contribution is -2.66. The van der Waals surface area contributed by atoms with E-state index in [4.69, 9.17) is 9.47 Å². The molecule has 1 amide bonds. The van der Waals surface area contributed by atoms with Crippen molar-refractivity contribution in [2.45, 2.75) is 18.8 Å². The lowest BCUT2D eigenvalue weighted by molar-refractivity contribution is -0.0197. The summed E-state index contributed by atoms with van der Waals surface area (Å²) in [6, 6.07) is 22.4. The molecule has 44 heavy (non-hydrogen) atoms. The minimum Gasteiger partial charge on any atom is -0.482 e. The SMILES string of the molecule is O=C1c2c(OCc3ccccc3)c(=O)ccn2N([C@@H]2c3ccccc3-c3sccc3-c3c2ccc(F)c3F)[C@@H]2COCCN12. The molecule has 8 rings (SSSR count). The predicted octanol–water partition coefficient (Wildman–Crippen LogP) is 5.95. The summed E-state index contributed by atoms with van der Waals surface area (Å²) in [5, 5.41) is 3.82. The van der Waals surface area contributed by atoms with Crippen molar-refractivity contribution in [3.05, 3.63) is 135 Å². The molecule has 0 bridgehead atoms. The first-order chi connectivity index (χ1) is 21.5. The van der Waals surface area contributed by atoms with Crippen LogP contribution in [-0.4, -0.2) is 41.4 Å². The summed E-state index contributed by atoms with van der Waals surface area (Å²) in [4.78, 5) is 30.0. The van der Waals surface area contributed by atoms with Crippen molar-refractivity contribution in [1.29, 1.82) is 0 Å². The predicted molar refractivity (Wildman–Crippen MR) is 162 cm³/mol. The number of thiophene rings is 1. The molecule has 1 fully saturated rings. The fourth-order valence-electron chi connectivity index (χ4n) is 6.57. The largest absolute Gasteiger partial charge is 0.482 e. The van der Waals surface area contributed by atoms with E-state index in [1.165, 1.54) is 17.4 Å². The lowest BCUT2D eigenvalue weighted by atomic mass is 9.92. The van der Waals surface area contributed by atoms with Crippen LogP contribution in [0.25, 0.3) is 21.6 Å². The van der Waals surface area contributed by atoms with E-state index < -0.39 is 29.3 Å². The van der Waals surface area contributed by atoms with Gasteiger partial charge in [-0.3, -0.25) is 19.3 Å². The van der Waals surface area contributed by atoms with Crippen LogP contribution in [0.15, 0.2) is 95.2 Å². The first-order valence-electron chi connectivity index (χ1n) is 14.3. The van der Waals surface area contributed by atoms with Gasteiger partial charge in [0.1, 0.15) is 12.8 Å². The van der Waals surface area contributed by atoms with Crippen LogP contribution < -0.4 is 15.2 Å². The van der Waals surface area contributed by atoms with Crippen LogP contribution in [0.1, 0.15) is 33.2 Å². The number of halogens is 2. The molecule has 0 unspecified atom stereocenters. The number of rotatable bonds is 4. The zero-order valence-corrected chi connectivity index (χ0v) is 24.1. The van der Waals surface area contributed by atoms with E-state index in [2.05, 4.69) is 0 Å². The van der Waals surface area contributed by atoms with Crippen LogP contribution in [0.2, 0.25) is 0 Å². The molecule has 0 radical (unpaired) electrons. The Labute approximate surface area is 255 Å². The molecule has 0 saturated carbocycles. The Kier molecular flexibility index (Phi) is 6.35. The molecule has 2 atom stereocenters. The molecular formula is C34H25F2N3O4S. The average molecular weight is 610 g/mol. The number of ether oxygens (including phenoxy) is 2. The maximum atomic E-state index is 15.9. The quantitative estimate of drug-likeness (QED) is 0.252. The molecule has 1 saturated heterocycles. The number of amides is 1. The second-order valence-corrected chi connectivity index (χ2v) is 11.8. The Hall–Kier alpha value is -4.80. The molecule has 7 nitrogen and oxygen atoms in total. The molecule has 3 aromatic carbocycles. The Morgan fingerprint density at radius 1 is 0.909 bits per heavy atom. The summed E-state index contributed by atoms with van der Waals surface area (Å²) in [7, 11) is 0. The zero-order valence-electron chi connectivity index (χ0n) is 23.3. The second kappa shape index (κ2) is 10.4. The van der Waals surface area contributed by atoms with Crippen molar-refractivity contribution in [3.8, 4) is 27.3 Å². The summed E-state index contributed by atoms with van der Waals surface area (Å²) in [5.74, 6) is -2.30. The topological polar surface area (TPSA) is 64.0 Å². The van der Waals surface area contributed by atoms with Gasteiger partial charge in [0.2, 0.25) is 5.43 Å². The first-order valence-corrected chi connectivity index (χ1v) is 15.2. The Bertz CT molecular complexity index is 1990. The van der Waals surface area contributed by atoms with Gasteiger partial charge in [-0.25, -0.2) is 8.78 Å². The van der Waals surface area contributed by atoms with E-state index in [-0.39, 0.29) is 42.7 Å². The number of nitrogens with zero attached hydrogens (tertiary/aromatic N) is 3. The third kappa shape index (κ3) is 4.01. The zero-order chi connectivity index (χ0) is 29.9. The Balaban J connectivity index is 1.39. The van der Waals surface area contributed by atoms with Crippen LogP contribution in [0, 0.1) is 11.6 Å². The van der Waals surface area contributed by atoms with Gasteiger partial charge in [-0.2, -0.15) is 0 Å². The van der Waals surface area contributed by atoms with Gasteiger partial charge < -0.3 is 14.4 Å². The van der Waals surface area contributed by atoms with Gasteiger partial charge in [-0.05, 0) is 39.8 Å². The van der Waals surface area contributed by atoms with Crippen molar-refractivity contribution >= 4 is 17.2 Å². The standard InChI is InChI=1S/C34H25F2N3O4S/c35-25-11-10-23-28(29(25)36)24-13-17-44-33(24)22-9-5-4-8-21(22)30(23)39-27-19-42-16-15-37(27)34(41)31-32(26(40)12-14-38(31)39)43-18-20-6-2-1-3-7-20/h1-14,17,27,30H,15-16,18-19H2/t27-,30-/m1/s1. The number of benzene rings is 3. The molecule has 0 N–H and O–H groups in total. The van der Waals surface area contributed by atoms with Gasteiger partial charge in [0.05, 0.1) is 19.3 Å². The van der Waals surface area contributed by atoms with Crippen LogP contribution in [0.4, 0.5) is 8.78 Å². The highest BCUT2D eigenvalue weighted by molar-refractivity contribution is 7.14. The summed E-state index contributed by atoms with van der Waals surface area (Å²) in [5.41, 5.74) is 3.52. The lowest BCUT2D eigenvalue weighted by Gasteiger charge is -2.51. The number of hydrogen-bond acceptors (Lipinski definition) is 6. The van der Waals surface area contributed by atoms with Crippen molar-refractivity contribution in [1.82, 2.24) is 9.58 Å². The summed E-state index contributed by atoms with van der Waals surface area (Å²) >= 11 is 1.46. The molecule has 5 aromatic rings. The van der Waals surface area contributed by atoms with E-state index in [0.29, 0.717) is 17.7 Å². The van der Waals surface area contributed by atoms with Crippen LogP contribution >= 0.6 is 11.3 Å². The minimum absolute atomic E-state index is 0.0668. The molecule has 220 valence electrons. The maximum absolute atomic E-state index is 15.9. The van der Waals surface area contributed by atoms with E-state index in [0.717, 1.165) is 27.6 Å². The fourth-order valence-corrected chi connectivity index (χ4v) is 7.52. The molecule has 3 aliphatic rings. The highest BCUT2D eigenvalue weighted by atomic mass is 32.1. The van der Waals surface area contributed by atoms with Crippen molar-refractivity contribution < 1.29 is 23.0 Å². The third-order valence-electron chi connectivity index (χ3n) is 8.50. The van der Waals surface area contributed by atoms with Crippen molar-refractivity contribution in [2.75, 3.05) is 24.8 Å².